The molecule has 1 aliphatic heterocycles. The number of likely N-dealkylation sites (tertiary alicyclic amines) is 1. The van der Waals surface area contributed by atoms with Crippen molar-refractivity contribution < 1.29 is 22.8 Å². The van der Waals surface area contributed by atoms with Gasteiger partial charge in [-0.05, 0) is 12.8 Å². The largest absolute Gasteiger partial charge is 0.433 e. The summed E-state index contributed by atoms with van der Waals surface area (Å²) in [4.78, 5) is 33.5. The fraction of sp³-hybridized carbons (Fsp3) is 0.545. The number of nitroso groups, excluding NO2 is 1. The van der Waals surface area contributed by atoms with Crippen molar-refractivity contribution >= 4 is 12.3 Å². The topological polar surface area (TPSA) is 84.6 Å². The van der Waals surface area contributed by atoms with E-state index in [0.717, 1.165) is 0 Å². The molecule has 1 aromatic rings. The summed E-state index contributed by atoms with van der Waals surface area (Å²) in [5, 5.41) is 5.59. The molecule has 7 nitrogen and oxygen atoms in total. The Balaban J connectivity index is 2.44. The minimum Gasteiger partial charge on any atom is -0.343 e. The molecule has 1 fully saturated rings. The number of piperidine rings is 1. The molecule has 1 aromatic heterocycles. The van der Waals surface area contributed by atoms with Gasteiger partial charge in [0.25, 0.3) is 0 Å². The van der Waals surface area contributed by atoms with E-state index in [1.54, 1.807) is 0 Å². The van der Waals surface area contributed by atoms with Crippen molar-refractivity contribution in [1.82, 2.24) is 14.7 Å². The number of rotatable bonds is 3. The first-order valence-electron chi connectivity index (χ1n) is 6.10. The summed E-state index contributed by atoms with van der Waals surface area (Å²) in [6, 6.07) is -0.700. The molecular weight excluding hydrogens is 293 g/mol. The summed E-state index contributed by atoms with van der Waals surface area (Å²) in [7, 11) is 0. The molecule has 0 aliphatic carbocycles. The van der Waals surface area contributed by atoms with Crippen LogP contribution in [0.3, 0.4) is 0 Å². The standard InChI is InChI=1S/C11H11F3N4O3/c12-11(13,14)9-8(10(20)16-21)4-15-18(9)7-2-1-3-17(5-7)6-19/h4,6-7H,1-3,5H2. The molecule has 114 valence electrons. The highest BCUT2D eigenvalue weighted by Crippen LogP contribution is 2.35. The van der Waals surface area contributed by atoms with Crippen molar-refractivity contribution in [2.24, 2.45) is 5.18 Å². The Morgan fingerprint density at radius 3 is 2.76 bits per heavy atom. The highest BCUT2D eigenvalue weighted by Gasteiger charge is 2.42. The fourth-order valence-electron chi connectivity index (χ4n) is 2.41. The van der Waals surface area contributed by atoms with E-state index >= 15 is 0 Å². The monoisotopic (exact) mass is 304 g/mol. The maximum atomic E-state index is 13.1. The summed E-state index contributed by atoms with van der Waals surface area (Å²) in [5.74, 6) is -1.52. The number of halogens is 3. The number of hydrogen-bond donors (Lipinski definition) is 0. The quantitative estimate of drug-likeness (QED) is 0.627. The van der Waals surface area contributed by atoms with Crippen LogP contribution in [0.5, 0.6) is 0 Å². The van der Waals surface area contributed by atoms with Gasteiger partial charge in [0, 0.05) is 18.3 Å². The molecule has 0 saturated carbocycles. The lowest BCUT2D eigenvalue weighted by Gasteiger charge is -2.31. The smallest absolute Gasteiger partial charge is 0.343 e. The average molecular weight is 304 g/mol. The van der Waals surface area contributed by atoms with Crippen LogP contribution in [0.15, 0.2) is 11.4 Å². The Morgan fingerprint density at radius 1 is 1.48 bits per heavy atom. The zero-order chi connectivity index (χ0) is 15.6. The Bertz CT molecular complexity index is 570. The molecule has 0 radical (unpaired) electrons. The number of nitrogens with zero attached hydrogens (tertiary/aromatic N) is 4. The lowest BCUT2D eigenvalue weighted by Crippen LogP contribution is -2.37. The third-order valence-electron chi connectivity index (χ3n) is 3.30. The van der Waals surface area contributed by atoms with Gasteiger partial charge in [-0.3, -0.25) is 14.3 Å². The van der Waals surface area contributed by atoms with Crippen LogP contribution >= 0.6 is 0 Å². The second-order valence-corrected chi connectivity index (χ2v) is 4.64. The zero-order valence-electron chi connectivity index (χ0n) is 10.7. The van der Waals surface area contributed by atoms with E-state index in [4.69, 9.17) is 0 Å². The SMILES string of the molecule is O=CN1CCCC(n2ncc(C(=O)N=O)c2C(F)(F)F)C1. The predicted octanol–water partition coefficient (Wildman–Crippen LogP) is 1.60. The molecule has 1 unspecified atom stereocenters. The second kappa shape index (κ2) is 5.62. The van der Waals surface area contributed by atoms with Gasteiger partial charge in [0.1, 0.15) is 0 Å². The maximum Gasteiger partial charge on any atom is 0.433 e. The lowest BCUT2D eigenvalue weighted by atomic mass is 10.1. The van der Waals surface area contributed by atoms with Gasteiger partial charge >= 0.3 is 12.1 Å². The van der Waals surface area contributed by atoms with Crippen molar-refractivity contribution in [1.29, 1.82) is 0 Å². The number of carbonyl (C=O) groups is 2. The molecule has 2 rings (SSSR count). The maximum absolute atomic E-state index is 13.1. The van der Waals surface area contributed by atoms with E-state index in [1.165, 1.54) is 4.90 Å². The van der Waals surface area contributed by atoms with Crippen molar-refractivity contribution in [2.75, 3.05) is 13.1 Å². The summed E-state index contributed by atoms with van der Waals surface area (Å²) in [6.45, 7) is 0.528. The summed E-state index contributed by atoms with van der Waals surface area (Å²) >= 11 is 0. The third kappa shape index (κ3) is 2.93. The van der Waals surface area contributed by atoms with E-state index in [-0.39, 0.29) is 6.54 Å². The van der Waals surface area contributed by atoms with E-state index in [1.807, 2.05) is 5.18 Å². The zero-order valence-corrected chi connectivity index (χ0v) is 10.7. The number of alkyl halides is 3. The van der Waals surface area contributed by atoms with Crippen LogP contribution in [0.4, 0.5) is 13.2 Å². The van der Waals surface area contributed by atoms with Gasteiger partial charge in [-0.15, -0.1) is 4.91 Å². The summed E-state index contributed by atoms with van der Waals surface area (Å²) < 4.78 is 40.1. The van der Waals surface area contributed by atoms with Crippen LogP contribution in [0.1, 0.15) is 34.9 Å². The Labute approximate surface area is 116 Å². The first kappa shape index (κ1) is 15.1. The molecule has 1 atom stereocenters. The fourth-order valence-corrected chi connectivity index (χ4v) is 2.41. The Morgan fingerprint density at radius 2 is 2.19 bits per heavy atom. The van der Waals surface area contributed by atoms with Crippen LogP contribution in [0.25, 0.3) is 0 Å². The third-order valence-corrected chi connectivity index (χ3v) is 3.30. The molecule has 21 heavy (non-hydrogen) atoms. The predicted molar refractivity (Wildman–Crippen MR) is 63.3 cm³/mol. The first-order chi connectivity index (χ1) is 9.88. The van der Waals surface area contributed by atoms with Crippen molar-refractivity contribution in [3.63, 3.8) is 0 Å². The van der Waals surface area contributed by atoms with Gasteiger partial charge in [0.15, 0.2) is 5.69 Å². The van der Waals surface area contributed by atoms with Crippen molar-refractivity contribution in [3.8, 4) is 0 Å². The van der Waals surface area contributed by atoms with Crippen LogP contribution in [-0.2, 0) is 11.0 Å². The number of carbonyl (C=O) groups excluding carboxylic acids is 2. The van der Waals surface area contributed by atoms with Crippen molar-refractivity contribution in [2.45, 2.75) is 25.1 Å². The van der Waals surface area contributed by atoms with E-state index in [0.29, 0.717) is 36.7 Å². The van der Waals surface area contributed by atoms with Crippen LogP contribution in [-0.4, -0.2) is 40.1 Å². The molecule has 0 bridgehead atoms. The average Bonchev–Trinajstić information content (AvgIpc) is 2.91. The van der Waals surface area contributed by atoms with E-state index in [9.17, 15) is 27.7 Å². The van der Waals surface area contributed by atoms with Crippen molar-refractivity contribution in [3.05, 3.63) is 22.4 Å². The molecule has 0 aromatic carbocycles. The van der Waals surface area contributed by atoms with Gasteiger partial charge in [-0.2, -0.15) is 18.3 Å². The molecule has 2 heterocycles. The molecule has 0 N–H and O–H groups in total. The van der Waals surface area contributed by atoms with Crippen LogP contribution < -0.4 is 0 Å². The molecule has 2 amide bonds. The van der Waals surface area contributed by atoms with E-state index < -0.39 is 29.4 Å². The molecule has 10 heteroatoms. The Hall–Kier alpha value is -2.26. The van der Waals surface area contributed by atoms with Crippen LogP contribution in [0, 0.1) is 4.91 Å². The molecular formula is C11H11F3N4O3. The van der Waals surface area contributed by atoms with Gasteiger partial charge in [-0.1, -0.05) is 0 Å². The highest BCUT2D eigenvalue weighted by molar-refractivity contribution is 5.95. The van der Waals surface area contributed by atoms with Gasteiger partial charge < -0.3 is 4.90 Å². The van der Waals surface area contributed by atoms with Gasteiger partial charge in [-0.25, -0.2) is 0 Å². The Kier molecular flexibility index (Phi) is 4.05. The summed E-state index contributed by atoms with van der Waals surface area (Å²) in [6.07, 6.45) is -2.70. The molecule has 0 spiro atoms. The molecule has 1 saturated heterocycles. The lowest BCUT2D eigenvalue weighted by molar-refractivity contribution is -0.145. The second-order valence-electron chi connectivity index (χ2n) is 4.64. The minimum absolute atomic E-state index is 0.0659. The van der Waals surface area contributed by atoms with Gasteiger partial charge in [0.05, 0.1) is 17.8 Å². The molecule has 1 aliphatic rings. The first-order valence-corrected chi connectivity index (χ1v) is 6.10. The minimum atomic E-state index is -4.85. The number of aromatic nitrogens is 2. The van der Waals surface area contributed by atoms with Gasteiger partial charge in [0.2, 0.25) is 6.41 Å². The number of hydrogen-bond acceptors (Lipinski definition) is 4. The highest BCUT2D eigenvalue weighted by atomic mass is 19.4. The normalized spacial score (nSPS) is 19.4. The number of amides is 2. The van der Waals surface area contributed by atoms with Crippen LogP contribution in [0.2, 0.25) is 0 Å². The van der Waals surface area contributed by atoms with E-state index in [2.05, 4.69) is 5.10 Å². The summed E-state index contributed by atoms with van der Waals surface area (Å²) in [5.41, 5.74) is -2.18.